The third kappa shape index (κ3) is 2.70. The van der Waals surface area contributed by atoms with Gasteiger partial charge in [-0.25, -0.2) is 9.48 Å². The maximum Gasteiger partial charge on any atom is 0.330 e. The SMILES string of the molecule is Cc1cn(CC2OC(n3cc(F)c(=O)[nH]c3=O)CC2O)nn1. The molecule has 0 radical (unpaired) electrons. The van der Waals surface area contributed by atoms with Crippen LogP contribution in [0.15, 0.2) is 22.0 Å². The number of halogens is 1. The minimum Gasteiger partial charge on any atom is -0.390 e. The third-order valence-electron chi connectivity index (χ3n) is 3.46. The van der Waals surface area contributed by atoms with Crippen LogP contribution in [0.5, 0.6) is 0 Å². The van der Waals surface area contributed by atoms with Gasteiger partial charge in [0.2, 0.25) is 5.82 Å². The van der Waals surface area contributed by atoms with Crippen molar-refractivity contribution in [3.05, 3.63) is 44.7 Å². The molecule has 0 aromatic carbocycles. The van der Waals surface area contributed by atoms with Gasteiger partial charge in [-0.15, -0.1) is 5.10 Å². The zero-order chi connectivity index (χ0) is 15.9. The first-order valence-electron chi connectivity index (χ1n) is 6.65. The molecule has 0 spiro atoms. The topological polar surface area (TPSA) is 115 Å². The van der Waals surface area contributed by atoms with Gasteiger partial charge in [0, 0.05) is 12.6 Å². The number of aryl methyl sites for hydroxylation is 1. The highest BCUT2D eigenvalue weighted by molar-refractivity contribution is 4.92. The van der Waals surface area contributed by atoms with Crippen molar-refractivity contribution >= 4 is 0 Å². The van der Waals surface area contributed by atoms with Crippen molar-refractivity contribution < 1.29 is 14.2 Å². The number of aromatic nitrogens is 5. The van der Waals surface area contributed by atoms with Gasteiger partial charge in [0.25, 0.3) is 5.56 Å². The van der Waals surface area contributed by atoms with Crippen LogP contribution in [-0.2, 0) is 11.3 Å². The van der Waals surface area contributed by atoms with E-state index < -0.39 is 35.5 Å². The van der Waals surface area contributed by atoms with E-state index in [2.05, 4.69) is 10.3 Å². The van der Waals surface area contributed by atoms with Crippen molar-refractivity contribution in [3.63, 3.8) is 0 Å². The molecular weight excluding hydrogens is 297 g/mol. The Morgan fingerprint density at radius 3 is 2.95 bits per heavy atom. The average Bonchev–Trinajstić information content (AvgIpc) is 3.01. The number of hydrogen-bond donors (Lipinski definition) is 2. The van der Waals surface area contributed by atoms with Crippen LogP contribution in [0.3, 0.4) is 0 Å². The minimum absolute atomic E-state index is 0.101. The monoisotopic (exact) mass is 311 g/mol. The molecule has 10 heteroatoms. The molecule has 3 unspecified atom stereocenters. The standard InChI is InChI=1S/C12H14FN5O4/c1-6-3-17(16-15-6)5-9-8(19)2-10(22-9)18-4-7(13)11(20)14-12(18)21/h3-4,8-10,19H,2,5H2,1H3,(H,14,20,21). The van der Waals surface area contributed by atoms with Gasteiger partial charge in [0.15, 0.2) is 0 Å². The van der Waals surface area contributed by atoms with E-state index in [1.807, 2.05) is 4.98 Å². The van der Waals surface area contributed by atoms with Crippen LogP contribution in [0.25, 0.3) is 0 Å². The van der Waals surface area contributed by atoms with Crippen LogP contribution in [0.2, 0.25) is 0 Å². The smallest absolute Gasteiger partial charge is 0.330 e. The maximum atomic E-state index is 13.3. The fourth-order valence-electron chi connectivity index (χ4n) is 2.39. The van der Waals surface area contributed by atoms with Crippen molar-refractivity contribution in [3.8, 4) is 0 Å². The third-order valence-corrected chi connectivity index (χ3v) is 3.46. The first-order chi connectivity index (χ1) is 10.4. The van der Waals surface area contributed by atoms with E-state index in [0.717, 1.165) is 16.5 Å². The Morgan fingerprint density at radius 1 is 1.50 bits per heavy atom. The number of ether oxygens (including phenoxy) is 1. The molecule has 1 fully saturated rings. The van der Waals surface area contributed by atoms with E-state index in [9.17, 15) is 19.1 Å². The predicted octanol–water partition coefficient (Wildman–Crippen LogP) is -1.08. The van der Waals surface area contributed by atoms with Gasteiger partial charge in [0.05, 0.1) is 24.5 Å². The number of hydrogen-bond acceptors (Lipinski definition) is 6. The molecule has 22 heavy (non-hydrogen) atoms. The molecule has 3 heterocycles. The molecule has 3 rings (SSSR count). The largest absolute Gasteiger partial charge is 0.390 e. The summed E-state index contributed by atoms with van der Waals surface area (Å²) in [6.07, 6.45) is 0.243. The van der Waals surface area contributed by atoms with Crippen LogP contribution < -0.4 is 11.2 Å². The molecule has 9 nitrogen and oxygen atoms in total. The first kappa shape index (κ1) is 14.6. The zero-order valence-electron chi connectivity index (χ0n) is 11.6. The lowest BCUT2D eigenvalue weighted by Gasteiger charge is -2.15. The van der Waals surface area contributed by atoms with Gasteiger partial charge >= 0.3 is 5.69 Å². The van der Waals surface area contributed by atoms with Crippen molar-refractivity contribution in [1.82, 2.24) is 24.5 Å². The maximum absolute atomic E-state index is 13.3. The number of rotatable bonds is 3. The number of H-pyrrole nitrogens is 1. The van der Waals surface area contributed by atoms with E-state index in [4.69, 9.17) is 4.74 Å². The van der Waals surface area contributed by atoms with Gasteiger partial charge in [-0.1, -0.05) is 5.21 Å². The summed E-state index contributed by atoms with van der Waals surface area (Å²) in [5.41, 5.74) is -1.15. The van der Waals surface area contributed by atoms with Crippen LogP contribution in [0, 0.1) is 12.7 Å². The zero-order valence-corrected chi connectivity index (χ0v) is 11.6. The molecule has 118 valence electrons. The number of nitrogens with one attached hydrogen (secondary N) is 1. The molecule has 0 saturated carbocycles. The summed E-state index contributed by atoms with van der Waals surface area (Å²) in [7, 11) is 0. The number of aromatic amines is 1. The van der Waals surface area contributed by atoms with E-state index >= 15 is 0 Å². The van der Waals surface area contributed by atoms with Crippen molar-refractivity contribution in [2.45, 2.75) is 38.3 Å². The highest BCUT2D eigenvalue weighted by Gasteiger charge is 2.36. The second kappa shape index (κ2) is 5.46. The summed E-state index contributed by atoms with van der Waals surface area (Å²) in [5, 5.41) is 17.7. The minimum atomic E-state index is -1.09. The van der Waals surface area contributed by atoms with E-state index in [-0.39, 0.29) is 13.0 Å². The lowest BCUT2D eigenvalue weighted by atomic mass is 10.2. The van der Waals surface area contributed by atoms with Crippen molar-refractivity contribution in [1.29, 1.82) is 0 Å². The number of aliphatic hydroxyl groups excluding tert-OH is 1. The molecule has 0 aliphatic carbocycles. The molecule has 1 aliphatic heterocycles. The van der Waals surface area contributed by atoms with Gasteiger partial charge in [0.1, 0.15) is 12.3 Å². The lowest BCUT2D eigenvalue weighted by molar-refractivity contribution is -0.0305. The summed E-state index contributed by atoms with van der Waals surface area (Å²) < 4.78 is 21.3. The van der Waals surface area contributed by atoms with Crippen LogP contribution in [0.4, 0.5) is 4.39 Å². The molecule has 2 N–H and O–H groups in total. The number of nitrogens with zero attached hydrogens (tertiary/aromatic N) is 4. The molecule has 0 bridgehead atoms. The Kier molecular flexibility index (Phi) is 3.62. The van der Waals surface area contributed by atoms with E-state index in [1.54, 1.807) is 13.1 Å². The van der Waals surface area contributed by atoms with Crippen LogP contribution in [0.1, 0.15) is 18.3 Å². The molecule has 1 saturated heterocycles. The average molecular weight is 311 g/mol. The van der Waals surface area contributed by atoms with Crippen molar-refractivity contribution in [2.24, 2.45) is 0 Å². The fraction of sp³-hybridized carbons (Fsp3) is 0.500. The summed E-state index contributed by atoms with van der Waals surface area (Å²) in [5.74, 6) is -1.09. The first-order valence-corrected chi connectivity index (χ1v) is 6.65. The van der Waals surface area contributed by atoms with Gasteiger partial charge in [-0.05, 0) is 6.92 Å². The quantitative estimate of drug-likeness (QED) is 0.745. The Labute approximate surface area is 123 Å². The number of aliphatic hydroxyl groups is 1. The van der Waals surface area contributed by atoms with Crippen LogP contribution >= 0.6 is 0 Å². The Morgan fingerprint density at radius 2 is 2.27 bits per heavy atom. The second-order valence-electron chi connectivity index (χ2n) is 5.16. The Hall–Kier alpha value is -2.33. The van der Waals surface area contributed by atoms with E-state index in [1.165, 1.54) is 4.68 Å². The highest BCUT2D eigenvalue weighted by atomic mass is 19.1. The van der Waals surface area contributed by atoms with Gasteiger partial charge < -0.3 is 9.84 Å². The molecule has 0 amide bonds. The summed E-state index contributed by atoms with van der Waals surface area (Å²) in [6, 6.07) is 0. The summed E-state index contributed by atoms with van der Waals surface area (Å²) >= 11 is 0. The molecule has 3 atom stereocenters. The summed E-state index contributed by atoms with van der Waals surface area (Å²) in [4.78, 5) is 24.6. The predicted molar refractivity (Wildman–Crippen MR) is 70.6 cm³/mol. The van der Waals surface area contributed by atoms with Crippen LogP contribution in [-0.4, -0.2) is 41.9 Å². The van der Waals surface area contributed by atoms with Crippen molar-refractivity contribution in [2.75, 3.05) is 0 Å². The van der Waals surface area contributed by atoms with Gasteiger partial charge in [-0.2, -0.15) is 4.39 Å². The fourth-order valence-corrected chi connectivity index (χ4v) is 2.39. The Balaban J connectivity index is 1.79. The second-order valence-corrected chi connectivity index (χ2v) is 5.16. The molecular formula is C12H14FN5O4. The lowest BCUT2D eigenvalue weighted by Crippen LogP contribution is -2.34. The summed E-state index contributed by atoms with van der Waals surface area (Å²) in [6.45, 7) is 2.03. The molecule has 1 aliphatic rings. The van der Waals surface area contributed by atoms with E-state index in [0.29, 0.717) is 0 Å². The van der Waals surface area contributed by atoms with Gasteiger partial charge in [-0.3, -0.25) is 14.3 Å². The molecule has 2 aromatic heterocycles. The molecule has 2 aromatic rings. The normalized spacial score (nSPS) is 24.8. The Bertz CT molecular complexity index is 797. The highest BCUT2D eigenvalue weighted by Crippen LogP contribution is 2.28.